The Balaban J connectivity index is 2.62. The van der Waals surface area contributed by atoms with Crippen molar-refractivity contribution in [2.24, 2.45) is 0 Å². The van der Waals surface area contributed by atoms with Gasteiger partial charge >= 0.3 is 0 Å². The molecule has 0 bridgehead atoms. The van der Waals surface area contributed by atoms with Crippen molar-refractivity contribution in [1.82, 2.24) is 5.32 Å². The zero-order valence-corrected chi connectivity index (χ0v) is 11.4. The lowest BCUT2D eigenvalue weighted by molar-refractivity contribution is -0.120. The number of carbonyl (C=O) groups is 2. The summed E-state index contributed by atoms with van der Waals surface area (Å²) in [5.74, 6) is -0.125. The molecule has 1 rings (SSSR count). The Hall–Kier alpha value is -1.36. The second-order valence-corrected chi connectivity index (χ2v) is 5.03. The summed E-state index contributed by atoms with van der Waals surface area (Å²) < 4.78 is 0. The van der Waals surface area contributed by atoms with E-state index in [1.165, 1.54) is 0 Å². The number of carbonyl (C=O) groups excluding carboxylic acids is 2. The van der Waals surface area contributed by atoms with Crippen molar-refractivity contribution >= 4 is 33.4 Å². The molecule has 0 saturated carbocycles. The predicted molar refractivity (Wildman–Crippen MR) is 71.2 cm³/mol. The predicted octanol–water partition coefficient (Wildman–Crippen LogP) is 1.70. The average Bonchev–Trinajstić information content (AvgIpc) is 2.31. The number of anilines is 1. The van der Waals surface area contributed by atoms with Crippen LogP contribution in [0.5, 0.6) is 0 Å². The number of nitrogens with one attached hydrogen (secondary N) is 2. The Morgan fingerprint density at radius 3 is 2.35 bits per heavy atom. The fourth-order valence-electron chi connectivity index (χ4n) is 1.22. The molecule has 1 atom stereocenters. The molecule has 0 aliphatic heterocycles. The smallest absolute Gasteiger partial charge is 0.237 e. The lowest BCUT2D eigenvalue weighted by atomic mass is 10.1. The molecule has 0 fully saturated rings. The van der Waals surface area contributed by atoms with Crippen molar-refractivity contribution in [3.05, 3.63) is 29.8 Å². The van der Waals surface area contributed by atoms with Crippen molar-refractivity contribution in [2.75, 3.05) is 12.4 Å². The number of halogens is 1. The Morgan fingerprint density at radius 1 is 1.29 bits per heavy atom. The molecule has 0 radical (unpaired) electrons. The van der Waals surface area contributed by atoms with Crippen molar-refractivity contribution in [1.29, 1.82) is 0 Å². The van der Waals surface area contributed by atoms with E-state index in [4.69, 9.17) is 0 Å². The molecule has 0 aromatic heterocycles. The highest BCUT2D eigenvalue weighted by Crippen LogP contribution is 2.11. The summed E-state index contributed by atoms with van der Waals surface area (Å²) in [4.78, 5) is 22.3. The third-order valence-corrected chi connectivity index (χ3v) is 2.64. The molecule has 1 unspecified atom stereocenters. The molecule has 0 spiro atoms. The molecule has 2 N–H and O–H groups in total. The minimum absolute atomic E-state index is 0.0316. The van der Waals surface area contributed by atoms with E-state index in [1.54, 1.807) is 26.1 Å². The van der Waals surface area contributed by atoms with Crippen molar-refractivity contribution in [3.8, 4) is 0 Å². The number of likely N-dealkylation sites (N-methyl/N-ethyl adjacent to an activating group) is 1. The number of hydrogen-bond acceptors (Lipinski definition) is 2. The number of amides is 2. The van der Waals surface area contributed by atoms with E-state index < -0.39 is 0 Å². The third-order valence-electron chi connectivity index (χ3n) is 2.23. The van der Waals surface area contributed by atoms with Crippen LogP contribution in [-0.2, 0) is 16.0 Å². The first-order valence-corrected chi connectivity index (χ1v) is 6.19. The van der Waals surface area contributed by atoms with Crippen LogP contribution in [0, 0.1) is 0 Å². The zero-order valence-electron chi connectivity index (χ0n) is 9.79. The van der Waals surface area contributed by atoms with Gasteiger partial charge in [-0.15, -0.1) is 0 Å². The van der Waals surface area contributed by atoms with E-state index in [1.807, 2.05) is 12.1 Å². The number of alkyl halides is 1. The van der Waals surface area contributed by atoms with Crippen LogP contribution < -0.4 is 10.6 Å². The maximum absolute atomic E-state index is 11.4. The number of rotatable bonds is 4. The van der Waals surface area contributed by atoms with Gasteiger partial charge in [0.1, 0.15) is 0 Å². The quantitative estimate of drug-likeness (QED) is 0.831. The van der Waals surface area contributed by atoms with Gasteiger partial charge in [0.25, 0.3) is 0 Å². The molecule has 1 aromatic rings. The van der Waals surface area contributed by atoms with Crippen LogP contribution in [0.2, 0.25) is 0 Å². The van der Waals surface area contributed by atoms with Gasteiger partial charge < -0.3 is 10.6 Å². The fourth-order valence-corrected chi connectivity index (χ4v) is 1.34. The molecule has 92 valence electrons. The Morgan fingerprint density at radius 2 is 1.88 bits per heavy atom. The van der Waals surface area contributed by atoms with Crippen LogP contribution in [0.1, 0.15) is 12.5 Å². The minimum atomic E-state index is -0.229. The summed E-state index contributed by atoms with van der Waals surface area (Å²) in [5, 5.41) is 5.31. The summed E-state index contributed by atoms with van der Waals surface area (Å²) in [6, 6.07) is 7.21. The van der Waals surface area contributed by atoms with Gasteiger partial charge in [-0.3, -0.25) is 9.59 Å². The lowest BCUT2D eigenvalue weighted by Gasteiger charge is -2.07. The van der Waals surface area contributed by atoms with Gasteiger partial charge in [-0.05, 0) is 24.6 Å². The van der Waals surface area contributed by atoms with Gasteiger partial charge in [0.15, 0.2) is 0 Å². The largest absolute Gasteiger partial charge is 0.359 e. The van der Waals surface area contributed by atoms with Crippen LogP contribution >= 0.6 is 15.9 Å². The fraction of sp³-hybridized carbons (Fsp3) is 0.333. The second kappa shape index (κ2) is 6.39. The lowest BCUT2D eigenvalue weighted by Crippen LogP contribution is -2.20. The Bertz CT molecular complexity index is 401. The van der Waals surface area contributed by atoms with Gasteiger partial charge in [-0.2, -0.15) is 0 Å². The molecule has 1 aromatic carbocycles. The molecule has 0 saturated heterocycles. The monoisotopic (exact) mass is 298 g/mol. The summed E-state index contributed by atoms with van der Waals surface area (Å²) in [6.45, 7) is 1.76. The third kappa shape index (κ3) is 4.56. The van der Waals surface area contributed by atoms with Crippen molar-refractivity contribution in [2.45, 2.75) is 18.2 Å². The van der Waals surface area contributed by atoms with Crippen molar-refractivity contribution in [3.63, 3.8) is 0 Å². The molecule has 5 heteroatoms. The van der Waals surface area contributed by atoms with Gasteiger partial charge in [-0.25, -0.2) is 0 Å². The first kappa shape index (κ1) is 13.7. The van der Waals surface area contributed by atoms with Gasteiger partial charge in [0.05, 0.1) is 11.2 Å². The normalized spacial score (nSPS) is 11.7. The molecule has 0 aliphatic rings. The Labute approximate surface area is 109 Å². The average molecular weight is 299 g/mol. The first-order valence-electron chi connectivity index (χ1n) is 5.27. The SMILES string of the molecule is CNC(=O)Cc1ccc(NC(=O)C(C)Br)cc1. The molecule has 17 heavy (non-hydrogen) atoms. The summed E-state index contributed by atoms with van der Waals surface area (Å²) in [5.41, 5.74) is 1.64. The highest BCUT2D eigenvalue weighted by Gasteiger charge is 2.08. The van der Waals surface area contributed by atoms with E-state index in [0.29, 0.717) is 6.42 Å². The molecular weight excluding hydrogens is 284 g/mol. The summed E-state index contributed by atoms with van der Waals surface area (Å²) >= 11 is 3.19. The van der Waals surface area contributed by atoms with Crippen LogP contribution in [0.25, 0.3) is 0 Å². The standard InChI is InChI=1S/C12H15BrN2O2/c1-8(13)12(17)15-10-5-3-9(4-6-10)7-11(16)14-2/h3-6,8H,7H2,1-2H3,(H,14,16)(H,15,17). The maximum Gasteiger partial charge on any atom is 0.237 e. The van der Waals surface area contributed by atoms with Gasteiger partial charge in [-0.1, -0.05) is 28.1 Å². The van der Waals surface area contributed by atoms with Crippen LogP contribution in [-0.4, -0.2) is 23.7 Å². The summed E-state index contributed by atoms with van der Waals surface area (Å²) in [6.07, 6.45) is 0.347. The van der Waals surface area contributed by atoms with Crippen LogP contribution in [0.3, 0.4) is 0 Å². The van der Waals surface area contributed by atoms with E-state index >= 15 is 0 Å². The molecular formula is C12H15BrN2O2. The van der Waals surface area contributed by atoms with Gasteiger partial charge in [0, 0.05) is 12.7 Å². The maximum atomic E-state index is 11.4. The highest BCUT2D eigenvalue weighted by molar-refractivity contribution is 9.10. The number of hydrogen-bond donors (Lipinski definition) is 2. The molecule has 0 aliphatic carbocycles. The Kier molecular flexibility index (Phi) is 5.15. The van der Waals surface area contributed by atoms with Crippen LogP contribution in [0.4, 0.5) is 5.69 Å². The van der Waals surface area contributed by atoms with E-state index in [-0.39, 0.29) is 16.6 Å². The molecule has 2 amide bonds. The summed E-state index contributed by atoms with van der Waals surface area (Å²) in [7, 11) is 1.61. The highest BCUT2D eigenvalue weighted by atomic mass is 79.9. The van der Waals surface area contributed by atoms with Crippen LogP contribution in [0.15, 0.2) is 24.3 Å². The molecule has 4 nitrogen and oxygen atoms in total. The van der Waals surface area contributed by atoms with E-state index in [9.17, 15) is 9.59 Å². The van der Waals surface area contributed by atoms with Gasteiger partial charge in [0.2, 0.25) is 11.8 Å². The second-order valence-electron chi connectivity index (χ2n) is 3.65. The zero-order chi connectivity index (χ0) is 12.8. The van der Waals surface area contributed by atoms with E-state index in [2.05, 4.69) is 26.6 Å². The molecule has 0 heterocycles. The van der Waals surface area contributed by atoms with Crippen molar-refractivity contribution < 1.29 is 9.59 Å². The van der Waals surface area contributed by atoms with E-state index in [0.717, 1.165) is 11.3 Å². The first-order chi connectivity index (χ1) is 8.02. The topological polar surface area (TPSA) is 58.2 Å². The minimum Gasteiger partial charge on any atom is -0.359 e. The number of benzene rings is 1.